The molecule has 0 spiro atoms. The van der Waals surface area contributed by atoms with Gasteiger partial charge in [-0.05, 0) is 67.8 Å². The summed E-state index contributed by atoms with van der Waals surface area (Å²) in [6.45, 7) is 5.60. The molecule has 2 fully saturated rings. The second-order valence-electron chi connectivity index (χ2n) is 7.69. The number of thioether (sulfide) groups is 1. The molecule has 160 valence electrons. The minimum Gasteiger partial charge on any atom is -0.483 e. The third-order valence-electron chi connectivity index (χ3n) is 5.25. The molecule has 31 heavy (non-hydrogen) atoms. The maximum atomic E-state index is 12.5. The quantitative estimate of drug-likeness (QED) is 0.715. The predicted molar refractivity (Wildman–Crippen MR) is 124 cm³/mol. The molecule has 2 aliphatic rings. The number of rotatable bonds is 5. The van der Waals surface area contributed by atoms with E-state index in [9.17, 15) is 9.59 Å². The monoisotopic (exact) mass is 435 g/mol. The normalized spacial score (nSPS) is 18.6. The standard InChI is InChI=1S/C24H25N3O3S/c1-16-9-10-17(2)19(13-16)25-24-26-23(29)21(31-24)14-18-7-3-4-8-20(18)30-15-22(28)27-11-5-6-12-27/h3-4,7-10,13-14H,5-6,11-12,15H2,1-2H3,(H,25,26,29)/b21-14+. The molecule has 2 aromatic carbocycles. The van der Waals surface area contributed by atoms with E-state index in [1.807, 2.05) is 61.2 Å². The zero-order valence-electron chi connectivity index (χ0n) is 17.7. The van der Waals surface area contributed by atoms with Crippen LogP contribution < -0.4 is 10.1 Å². The lowest BCUT2D eigenvalue weighted by molar-refractivity contribution is -0.132. The molecule has 0 bridgehead atoms. The molecule has 1 N–H and O–H groups in total. The number of aryl methyl sites for hydroxylation is 2. The maximum absolute atomic E-state index is 12.5. The van der Waals surface area contributed by atoms with E-state index >= 15 is 0 Å². The fraction of sp³-hybridized carbons (Fsp3) is 0.292. The van der Waals surface area contributed by atoms with Crippen molar-refractivity contribution in [3.8, 4) is 5.75 Å². The number of amides is 2. The highest BCUT2D eigenvalue weighted by Gasteiger charge is 2.25. The van der Waals surface area contributed by atoms with Crippen LogP contribution in [0.1, 0.15) is 29.5 Å². The smallest absolute Gasteiger partial charge is 0.264 e. The first kappa shape index (κ1) is 21.2. The zero-order valence-corrected chi connectivity index (χ0v) is 18.5. The Labute approximate surface area is 186 Å². The summed E-state index contributed by atoms with van der Waals surface area (Å²) in [6, 6.07) is 13.5. The average molecular weight is 436 g/mol. The summed E-state index contributed by atoms with van der Waals surface area (Å²) in [5.41, 5.74) is 3.76. The molecule has 2 aromatic rings. The average Bonchev–Trinajstić information content (AvgIpc) is 3.40. The van der Waals surface area contributed by atoms with Gasteiger partial charge in [-0.2, -0.15) is 0 Å². The van der Waals surface area contributed by atoms with Crippen molar-refractivity contribution in [3.05, 3.63) is 64.1 Å². The third-order valence-corrected chi connectivity index (χ3v) is 6.16. The molecule has 6 nitrogen and oxygen atoms in total. The Bertz CT molecular complexity index is 1070. The number of benzene rings is 2. The number of para-hydroxylation sites is 1. The summed E-state index contributed by atoms with van der Waals surface area (Å²) in [7, 11) is 0. The van der Waals surface area contributed by atoms with E-state index in [4.69, 9.17) is 4.74 Å². The molecular weight excluding hydrogens is 410 g/mol. The first-order valence-corrected chi connectivity index (χ1v) is 11.2. The number of ether oxygens (including phenoxy) is 1. The maximum Gasteiger partial charge on any atom is 0.264 e. The van der Waals surface area contributed by atoms with Gasteiger partial charge >= 0.3 is 0 Å². The number of amidine groups is 1. The fourth-order valence-corrected chi connectivity index (χ4v) is 4.33. The summed E-state index contributed by atoms with van der Waals surface area (Å²) in [5.74, 6) is 0.378. The Morgan fingerprint density at radius 1 is 1.19 bits per heavy atom. The van der Waals surface area contributed by atoms with Gasteiger partial charge in [0, 0.05) is 18.7 Å². The van der Waals surface area contributed by atoms with Crippen molar-refractivity contribution in [1.82, 2.24) is 10.2 Å². The van der Waals surface area contributed by atoms with Crippen LogP contribution in [-0.2, 0) is 9.59 Å². The zero-order chi connectivity index (χ0) is 21.8. The van der Waals surface area contributed by atoms with Gasteiger partial charge in [0.05, 0.1) is 10.6 Å². The van der Waals surface area contributed by atoms with Gasteiger partial charge in [0.25, 0.3) is 11.8 Å². The molecular formula is C24H25N3O3S. The molecule has 0 aliphatic carbocycles. The predicted octanol–water partition coefficient (Wildman–Crippen LogP) is 4.20. The molecule has 0 unspecified atom stereocenters. The molecule has 7 heteroatoms. The SMILES string of the molecule is Cc1ccc(C)c(N=C2NC(=O)/C(=C\c3ccccc3OCC(=O)N3CCCC3)S2)c1. The molecule has 0 saturated carbocycles. The molecule has 0 atom stereocenters. The van der Waals surface area contributed by atoms with Crippen LogP contribution in [0.2, 0.25) is 0 Å². The van der Waals surface area contributed by atoms with Crippen LogP contribution in [0.25, 0.3) is 6.08 Å². The second kappa shape index (κ2) is 9.39. The summed E-state index contributed by atoms with van der Waals surface area (Å²) < 4.78 is 5.80. The lowest BCUT2D eigenvalue weighted by Crippen LogP contribution is -2.32. The number of carbonyl (C=O) groups is 2. The first-order valence-electron chi connectivity index (χ1n) is 10.4. The van der Waals surface area contributed by atoms with Crippen molar-refractivity contribution >= 4 is 40.5 Å². The van der Waals surface area contributed by atoms with E-state index in [1.165, 1.54) is 11.8 Å². The van der Waals surface area contributed by atoms with Crippen LogP contribution in [0, 0.1) is 13.8 Å². The van der Waals surface area contributed by atoms with Gasteiger partial charge in [0.2, 0.25) is 0 Å². The minimum atomic E-state index is -0.197. The molecule has 2 aliphatic heterocycles. The molecule has 2 saturated heterocycles. The van der Waals surface area contributed by atoms with E-state index < -0.39 is 0 Å². The van der Waals surface area contributed by atoms with Gasteiger partial charge in [-0.3, -0.25) is 9.59 Å². The van der Waals surface area contributed by atoms with E-state index in [1.54, 1.807) is 6.08 Å². The van der Waals surface area contributed by atoms with Gasteiger partial charge in [-0.1, -0.05) is 30.3 Å². The van der Waals surface area contributed by atoms with Crippen molar-refractivity contribution in [3.63, 3.8) is 0 Å². The largest absolute Gasteiger partial charge is 0.483 e. The Morgan fingerprint density at radius 2 is 1.97 bits per heavy atom. The summed E-state index contributed by atoms with van der Waals surface area (Å²) >= 11 is 1.30. The molecule has 0 aromatic heterocycles. The van der Waals surface area contributed by atoms with Crippen LogP contribution in [0.15, 0.2) is 52.4 Å². The highest BCUT2D eigenvalue weighted by atomic mass is 32.2. The summed E-state index contributed by atoms with van der Waals surface area (Å²) in [6.07, 6.45) is 3.88. The third kappa shape index (κ3) is 5.17. The number of hydrogen-bond donors (Lipinski definition) is 1. The fourth-order valence-electron chi connectivity index (χ4n) is 3.50. The summed E-state index contributed by atoms with van der Waals surface area (Å²) in [4.78, 5) is 31.8. The number of aliphatic imine (C=N–C) groups is 1. The molecule has 4 rings (SSSR count). The van der Waals surface area contributed by atoms with Gasteiger partial charge in [0.15, 0.2) is 11.8 Å². The van der Waals surface area contributed by atoms with Crippen molar-refractivity contribution in [2.75, 3.05) is 19.7 Å². The molecule has 2 amide bonds. The van der Waals surface area contributed by atoms with Crippen LogP contribution in [0.3, 0.4) is 0 Å². The highest BCUT2D eigenvalue weighted by molar-refractivity contribution is 8.18. The van der Waals surface area contributed by atoms with Gasteiger partial charge in [0.1, 0.15) is 5.75 Å². The van der Waals surface area contributed by atoms with Crippen LogP contribution in [0.5, 0.6) is 5.75 Å². The van der Waals surface area contributed by atoms with Crippen molar-refractivity contribution in [1.29, 1.82) is 0 Å². The first-order chi connectivity index (χ1) is 15.0. The number of hydrogen-bond acceptors (Lipinski definition) is 5. The van der Waals surface area contributed by atoms with Crippen LogP contribution in [-0.4, -0.2) is 41.6 Å². The Hall–Kier alpha value is -3.06. The van der Waals surface area contributed by atoms with E-state index in [0.717, 1.165) is 48.3 Å². The number of nitrogens with one attached hydrogen (secondary N) is 1. The highest BCUT2D eigenvalue weighted by Crippen LogP contribution is 2.31. The Kier molecular flexibility index (Phi) is 6.42. The van der Waals surface area contributed by atoms with E-state index in [-0.39, 0.29) is 18.4 Å². The van der Waals surface area contributed by atoms with Crippen LogP contribution >= 0.6 is 11.8 Å². The van der Waals surface area contributed by atoms with Gasteiger partial charge in [-0.15, -0.1) is 0 Å². The summed E-state index contributed by atoms with van der Waals surface area (Å²) in [5, 5.41) is 3.38. The lowest BCUT2D eigenvalue weighted by atomic mass is 10.1. The van der Waals surface area contributed by atoms with E-state index in [2.05, 4.69) is 10.3 Å². The molecule has 2 heterocycles. The van der Waals surface area contributed by atoms with Crippen molar-refractivity contribution in [2.45, 2.75) is 26.7 Å². The van der Waals surface area contributed by atoms with Crippen molar-refractivity contribution < 1.29 is 14.3 Å². The van der Waals surface area contributed by atoms with Gasteiger partial charge < -0.3 is 15.0 Å². The van der Waals surface area contributed by atoms with Gasteiger partial charge in [-0.25, -0.2) is 4.99 Å². The second-order valence-corrected chi connectivity index (χ2v) is 8.72. The van der Waals surface area contributed by atoms with Crippen LogP contribution in [0.4, 0.5) is 5.69 Å². The number of nitrogens with zero attached hydrogens (tertiary/aromatic N) is 2. The number of likely N-dealkylation sites (tertiary alicyclic amines) is 1. The lowest BCUT2D eigenvalue weighted by Gasteiger charge is -2.16. The minimum absolute atomic E-state index is 0.00112. The Morgan fingerprint density at radius 3 is 2.77 bits per heavy atom. The molecule has 0 radical (unpaired) electrons. The number of carbonyl (C=O) groups excluding carboxylic acids is 2. The topological polar surface area (TPSA) is 71.0 Å². The van der Waals surface area contributed by atoms with E-state index in [0.29, 0.717) is 15.8 Å². The Balaban J connectivity index is 1.49. The van der Waals surface area contributed by atoms with Crippen molar-refractivity contribution in [2.24, 2.45) is 4.99 Å².